The van der Waals surface area contributed by atoms with Crippen molar-refractivity contribution in [3.63, 3.8) is 0 Å². The van der Waals surface area contributed by atoms with Gasteiger partial charge in [-0.1, -0.05) is 42.5 Å². The van der Waals surface area contributed by atoms with Crippen LogP contribution < -0.4 is 0 Å². The molecule has 0 fully saturated rings. The van der Waals surface area contributed by atoms with Gasteiger partial charge in [0.15, 0.2) is 0 Å². The van der Waals surface area contributed by atoms with E-state index < -0.39 is 5.60 Å². The number of fused-ring (bicyclic) bond motifs is 2. The number of carbonyl (C=O) groups is 1. The van der Waals surface area contributed by atoms with E-state index in [0.29, 0.717) is 5.56 Å². The summed E-state index contributed by atoms with van der Waals surface area (Å²) in [4.78, 5) is 12.3. The zero-order valence-corrected chi connectivity index (χ0v) is 11.1. The van der Waals surface area contributed by atoms with E-state index in [1.807, 2.05) is 56.3 Å². The Hall–Kier alpha value is -2.09. The first-order valence-corrected chi connectivity index (χ1v) is 6.47. The number of cyclic esters (lactones) is 1. The Morgan fingerprint density at radius 3 is 2.37 bits per heavy atom. The molecule has 0 saturated heterocycles. The first kappa shape index (κ1) is 12.0. The number of hydrogen-bond acceptors (Lipinski definition) is 2. The van der Waals surface area contributed by atoms with E-state index in [0.717, 1.165) is 17.5 Å². The van der Waals surface area contributed by atoms with Gasteiger partial charge in [0.25, 0.3) is 0 Å². The van der Waals surface area contributed by atoms with Crippen LogP contribution in [0.4, 0.5) is 0 Å². The molecule has 2 heteroatoms. The van der Waals surface area contributed by atoms with Gasteiger partial charge in [0, 0.05) is 0 Å². The Kier molecular flexibility index (Phi) is 2.67. The highest BCUT2D eigenvalue weighted by Gasteiger charge is 2.31. The smallest absolute Gasteiger partial charge is 0.339 e. The molecular weight excluding hydrogens is 236 g/mol. The summed E-state index contributed by atoms with van der Waals surface area (Å²) in [6.07, 6.45) is 0.769. The maximum Gasteiger partial charge on any atom is 0.339 e. The molecule has 0 aromatic heterocycles. The lowest BCUT2D eigenvalue weighted by molar-refractivity contribution is -0.00408. The molecule has 2 aromatic carbocycles. The summed E-state index contributed by atoms with van der Waals surface area (Å²) in [6, 6.07) is 15.8. The minimum Gasteiger partial charge on any atom is -0.451 e. The third-order valence-corrected chi connectivity index (χ3v) is 3.63. The number of hydrogen-bond donors (Lipinski definition) is 0. The van der Waals surface area contributed by atoms with E-state index in [1.165, 1.54) is 5.56 Å². The molecule has 0 bridgehead atoms. The molecule has 0 saturated carbocycles. The van der Waals surface area contributed by atoms with Crippen LogP contribution in [0.25, 0.3) is 0 Å². The lowest BCUT2D eigenvalue weighted by atomic mass is 9.87. The molecule has 0 spiro atoms. The number of benzene rings is 2. The van der Waals surface area contributed by atoms with E-state index in [2.05, 4.69) is 6.07 Å². The molecule has 19 heavy (non-hydrogen) atoms. The van der Waals surface area contributed by atoms with Crippen molar-refractivity contribution in [3.05, 3.63) is 70.8 Å². The van der Waals surface area contributed by atoms with Crippen LogP contribution in [0.2, 0.25) is 0 Å². The Balaban J connectivity index is 2.21. The van der Waals surface area contributed by atoms with E-state index in [9.17, 15) is 4.79 Å². The van der Waals surface area contributed by atoms with E-state index in [-0.39, 0.29) is 5.97 Å². The van der Waals surface area contributed by atoms with Crippen molar-refractivity contribution in [1.82, 2.24) is 0 Å². The van der Waals surface area contributed by atoms with E-state index >= 15 is 0 Å². The van der Waals surface area contributed by atoms with Crippen LogP contribution in [0, 0.1) is 0 Å². The topological polar surface area (TPSA) is 26.3 Å². The minimum atomic E-state index is -0.596. The van der Waals surface area contributed by atoms with Gasteiger partial charge in [0.2, 0.25) is 0 Å². The van der Waals surface area contributed by atoms with Gasteiger partial charge < -0.3 is 4.74 Å². The predicted molar refractivity (Wildman–Crippen MR) is 74.1 cm³/mol. The van der Waals surface area contributed by atoms with Crippen LogP contribution in [-0.4, -0.2) is 5.97 Å². The SMILES string of the molecule is CC1(C)OC(=O)c2ccccc2Cc2ccccc21. The Morgan fingerprint density at radius 1 is 0.947 bits per heavy atom. The van der Waals surface area contributed by atoms with E-state index in [4.69, 9.17) is 4.74 Å². The van der Waals surface area contributed by atoms with Crippen LogP contribution in [-0.2, 0) is 16.8 Å². The fourth-order valence-corrected chi connectivity index (χ4v) is 2.68. The summed E-state index contributed by atoms with van der Waals surface area (Å²) < 4.78 is 5.69. The van der Waals surface area contributed by atoms with Gasteiger partial charge in [-0.05, 0) is 43.0 Å². The van der Waals surface area contributed by atoms with Gasteiger partial charge in [0.1, 0.15) is 5.60 Å². The zero-order valence-electron chi connectivity index (χ0n) is 11.1. The highest BCUT2D eigenvalue weighted by atomic mass is 16.6. The first-order chi connectivity index (χ1) is 9.08. The van der Waals surface area contributed by atoms with Crippen LogP contribution >= 0.6 is 0 Å². The third kappa shape index (κ3) is 2.03. The summed E-state index contributed by atoms with van der Waals surface area (Å²) in [5.41, 5.74) is 3.40. The molecule has 3 rings (SSSR count). The molecule has 0 unspecified atom stereocenters. The second kappa shape index (κ2) is 4.23. The summed E-state index contributed by atoms with van der Waals surface area (Å²) >= 11 is 0. The molecule has 0 aliphatic carbocycles. The van der Waals surface area contributed by atoms with Gasteiger partial charge in [-0.25, -0.2) is 4.79 Å². The Morgan fingerprint density at radius 2 is 1.58 bits per heavy atom. The largest absolute Gasteiger partial charge is 0.451 e. The maximum atomic E-state index is 12.3. The molecule has 0 radical (unpaired) electrons. The lowest BCUT2D eigenvalue weighted by Crippen LogP contribution is -2.29. The van der Waals surface area contributed by atoms with Crippen molar-refractivity contribution >= 4 is 5.97 Å². The van der Waals surface area contributed by atoms with Gasteiger partial charge >= 0.3 is 5.97 Å². The van der Waals surface area contributed by atoms with Gasteiger partial charge in [-0.2, -0.15) is 0 Å². The van der Waals surface area contributed by atoms with Crippen molar-refractivity contribution in [1.29, 1.82) is 0 Å². The summed E-state index contributed by atoms with van der Waals surface area (Å²) in [6.45, 7) is 3.88. The molecule has 1 aliphatic heterocycles. The number of rotatable bonds is 0. The third-order valence-electron chi connectivity index (χ3n) is 3.63. The Labute approximate surface area is 113 Å². The van der Waals surface area contributed by atoms with Crippen molar-refractivity contribution < 1.29 is 9.53 Å². The summed E-state index contributed by atoms with van der Waals surface area (Å²) in [7, 11) is 0. The molecule has 1 heterocycles. The fraction of sp³-hybridized carbons (Fsp3) is 0.235. The van der Waals surface area contributed by atoms with Gasteiger partial charge in [-0.15, -0.1) is 0 Å². The minimum absolute atomic E-state index is 0.241. The highest BCUT2D eigenvalue weighted by molar-refractivity contribution is 5.91. The molecule has 0 amide bonds. The number of ether oxygens (including phenoxy) is 1. The maximum absolute atomic E-state index is 12.3. The molecule has 0 N–H and O–H groups in total. The van der Waals surface area contributed by atoms with Crippen molar-refractivity contribution in [2.24, 2.45) is 0 Å². The fourth-order valence-electron chi connectivity index (χ4n) is 2.68. The second-order valence-electron chi connectivity index (χ2n) is 5.39. The van der Waals surface area contributed by atoms with Gasteiger partial charge in [-0.3, -0.25) is 0 Å². The van der Waals surface area contributed by atoms with Crippen LogP contribution in [0.3, 0.4) is 0 Å². The first-order valence-electron chi connectivity index (χ1n) is 6.47. The van der Waals surface area contributed by atoms with Crippen LogP contribution in [0.1, 0.15) is 40.9 Å². The highest BCUT2D eigenvalue weighted by Crippen LogP contribution is 2.33. The zero-order chi connectivity index (χ0) is 13.5. The van der Waals surface area contributed by atoms with Crippen molar-refractivity contribution in [2.75, 3.05) is 0 Å². The quantitative estimate of drug-likeness (QED) is 0.668. The summed E-state index contributed by atoms with van der Waals surface area (Å²) in [5.74, 6) is -0.241. The standard InChI is InChI=1S/C17H16O2/c1-17(2)15-10-6-4-8-13(15)11-12-7-3-5-9-14(12)16(18)19-17/h3-10H,11H2,1-2H3. The number of carbonyl (C=O) groups excluding carboxylic acids is 1. The monoisotopic (exact) mass is 252 g/mol. The molecular formula is C17H16O2. The summed E-state index contributed by atoms with van der Waals surface area (Å²) in [5, 5.41) is 0. The Bertz CT molecular complexity index is 641. The van der Waals surface area contributed by atoms with Crippen LogP contribution in [0.5, 0.6) is 0 Å². The molecule has 1 aliphatic rings. The van der Waals surface area contributed by atoms with Crippen LogP contribution in [0.15, 0.2) is 48.5 Å². The second-order valence-corrected chi connectivity index (χ2v) is 5.39. The average molecular weight is 252 g/mol. The van der Waals surface area contributed by atoms with Crippen molar-refractivity contribution in [3.8, 4) is 0 Å². The normalized spacial score (nSPS) is 16.6. The molecule has 2 nitrogen and oxygen atoms in total. The predicted octanol–water partition coefficient (Wildman–Crippen LogP) is 3.68. The van der Waals surface area contributed by atoms with E-state index in [1.54, 1.807) is 0 Å². The molecule has 96 valence electrons. The number of esters is 1. The average Bonchev–Trinajstić information content (AvgIpc) is 2.38. The lowest BCUT2D eigenvalue weighted by Gasteiger charge is -2.30. The molecule has 0 atom stereocenters. The van der Waals surface area contributed by atoms with Gasteiger partial charge in [0.05, 0.1) is 5.56 Å². The van der Waals surface area contributed by atoms with Crippen molar-refractivity contribution in [2.45, 2.75) is 25.9 Å². The molecule has 2 aromatic rings.